The van der Waals surface area contributed by atoms with Crippen LogP contribution in [0.3, 0.4) is 0 Å². The smallest absolute Gasteiger partial charge is 0.228 e. The van der Waals surface area contributed by atoms with E-state index in [1.807, 2.05) is 47.6 Å². The zero-order chi connectivity index (χ0) is 17.8. The van der Waals surface area contributed by atoms with Crippen LogP contribution in [-0.4, -0.2) is 28.5 Å². The first-order valence-electron chi connectivity index (χ1n) is 9.69. The van der Waals surface area contributed by atoms with Gasteiger partial charge in [0.2, 0.25) is 5.91 Å². The van der Waals surface area contributed by atoms with E-state index in [1.54, 1.807) is 0 Å². The van der Waals surface area contributed by atoms with Gasteiger partial charge in [0, 0.05) is 55.1 Å². The van der Waals surface area contributed by atoms with Gasteiger partial charge < -0.3 is 10.2 Å². The lowest BCUT2D eigenvalue weighted by atomic mass is 9.89. The molecule has 1 aliphatic heterocycles. The van der Waals surface area contributed by atoms with E-state index in [0.29, 0.717) is 25.4 Å². The van der Waals surface area contributed by atoms with E-state index in [1.165, 1.54) is 32.1 Å². The third-order valence-corrected chi connectivity index (χ3v) is 5.48. The molecule has 1 saturated carbocycles. The van der Waals surface area contributed by atoms with E-state index in [0.717, 1.165) is 17.1 Å². The molecule has 1 unspecified atom stereocenters. The van der Waals surface area contributed by atoms with E-state index >= 15 is 0 Å². The van der Waals surface area contributed by atoms with E-state index in [-0.39, 0.29) is 11.9 Å². The summed E-state index contributed by atoms with van der Waals surface area (Å²) in [6, 6.07) is 10.0. The first-order chi connectivity index (χ1) is 12.8. The van der Waals surface area contributed by atoms with Crippen molar-refractivity contribution in [1.29, 1.82) is 0 Å². The van der Waals surface area contributed by atoms with Crippen molar-refractivity contribution in [1.82, 2.24) is 15.3 Å². The molecular weight excluding hydrogens is 324 g/mol. The van der Waals surface area contributed by atoms with Crippen LogP contribution < -0.4 is 10.2 Å². The molecule has 0 spiro atoms. The normalized spacial score (nSPS) is 21.3. The molecular formula is C21H26N4O. The van der Waals surface area contributed by atoms with Crippen molar-refractivity contribution < 1.29 is 4.79 Å². The van der Waals surface area contributed by atoms with Gasteiger partial charge in [0.05, 0.1) is 0 Å². The molecule has 2 aliphatic rings. The van der Waals surface area contributed by atoms with Crippen molar-refractivity contribution in [2.75, 3.05) is 11.4 Å². The predicted molar refractivity (Wildman–Crippen MR) is 102 cm³/mol. The average molecular weight is 350 g/mol. The molecule has 26 heavy (non-hydrogen) atoms. The van der Waals surface area contributed by atoms with Crippen LogP contribution in [0.2, 0.25) is 0 Å². The van der Waals surface area contributed by atoms with Crippen LogP contribution >= 0.6 is 0 Å². The fourth-order valence-corrected chi connectivity index (χ4v) is 3.99. The standard InChI is InChI=1S/C21H26N4O/c26-20-11-18(15-25(20)19-9-5-2-6-10-19)22-12-16-13-23-21(24-14-16)17-7-3-1-4-8-17/h2,5-6,9-10,13-14,17-18,22H,1,3-4,7-8,11-12,15H2. The minimum absolute atomic E-state index is 0.167. The first kappa shape index (κ1) is 17.2. The van der Waals surface area contributed by atoms with Crippen molar-refractivity contribution >= 4 is 11.6 Å². The summed E-state index contributed by atoms with van der Waals surface area (Å²) >= 11 is 0. The number of hydrogen-bond acceptors (Lipinski definition) is 4. The number of nitrogens with one attached hydrogen (secondary N) is 1. The molecule has 5 nitrogen and oxygen atoms in total. The lowest BCUT2D eigenvalue weighted by Gasteiger charge is -2.20. The monoisotopic (exact) mass is 350 g/mol. The highest BCUT2D eigenvalue weighted by Gasteiger charge is 2.30. The maximum atomic E-state index is 12.3. The molecule has 1 atom stereocenters. The summed E-state index contributed by atoms with van der Waals surface area (Å²) in [4.78, 5) is 23.3. The Kier molecular flexibility index (Phi) is 5.25. The quantitative estimate of drug-likeness (QED) is 0.898. The number of benzene rings is 1. The number of rotatable bonds is 5. The second-order valence-corrected chi connectivity index (χ2v) is 7.41. The van der Waals surface area contributed by atoms with Crippen LogP contribution in [0.15, 0.2) is 42.7 Å². The summed E-state index contributed by atoms with van der Waals surface area (Å²) in [6.07, 6.45) is 10.8. The van der Waals surface area contributed by atoms with Gasteiger partial charge in [-0.1, -0.05) is 37.5 Å². The van der Waals surface area contributed by atoms with Crippen LogP contribution in [0.5, 0.6) is 0 Å². The molecule has 1 aromatic carbocycles. The minimum Gasteiger partial charge on any atom is -0.311 e. The highest BCUT2D eigenvalue weighted by molar-refractivity contribution is 5.96. The van der Waals surface area contributed by atoms with Gasteiger partial charge in [-0.2, -0.15) is 0 Å². The van der Waals surface area contributed by atoms with Crippen molar-refractivity contribution in [3.63, 3.8) is 0 Å². The van der Waals surface area contributed by atoms with Gasteiger partial charge in [0.1, 0.15) is 5.82 Å². The third-order valence-electron chi connectivity index (χ3n) is 5.48. The Morgan fingerprint density at radius 3 is 2.50 bits per heavy atom. The SMILES string of the molecule is O=C1CC(NCc2cnc(C3CCCCC3)nc2)CN1c1ccccc1. The Bertz CT molecular complexity index is 725. The van der Waals surface area contributed by atoms with Crippen LogP contribution in [0.1, 0.15) is 55.8 Å². The van der Waals surface area contributed by atoms with Gasteiger partial charge in [-0.05, 0) is 25.0 Å². The molecule has 1 saturated heterocycles. The number of amides is 1. The molecule has 2 fully saturated rings. The Labute approximate surface area is 154 Å². The van der Waals surface area contributed by atoms with Crippen molar-refractivity contribution in [3.8, 4) is 0 Å². The van der Waals surface area contributed by atoms with Crippen LogP contribution in [-0.2, 0) is 11.3 Å². The number of nitrogens with zero attached hydrogens (tertiary/aromatic N) is 3. The Morgan fingerprint density at radius 1 is 1.04 bits per heavy atom. The molecule has 1 aliphatic carbocycles. The fourth-order valence-electron chi connectivity index (χ4n) is 3.99. The van der Waals surface area contributed by atoms with Crippen LogP contribution in [0, 0.1) is 0 Å². The molecule has 1 N–H and O–H groups in total. The summed E-state index contributed by atoms with van der Waals surface area (Å²) in [5.41, 5.74) is 2.05. The van der Waals surface area contributed by atoms with E-state index in [2.05, 4.69) is 15.3 Å². The number of anilines is 1. The summed E-state index contributed by atoms with van der Waals surface area (Å²) in [5.74, 6) is 1.72. The summed E-state index contributed by atoms with van der Waals surface area (Å²) in [5, 5.41) is 3.48. The largest absolute Gasteiger partial charge is 0.311 e. The number of para-hydroxylation sites is 1. The van der Waals surface area contributed by atoms with E-state index in [9.17, 15) is 4.79 Å². The number of carbonyl (C=O) groups excluding carboxylic acids is 1. The first-order valence-corrected chi connectivity index (χ1v) is 9.69. The van der Waals surface area contributed by atoms with Gasteiger partial charge in [0.15, 0.2) is 0 Å². The van der Waals surface area contributed by atoms with Gasteiger partial charge in [0.25, 0.3) is 0 Å². The lowest BCUT2D eigenvalue weighted by Crippen LogP contribution is -2.32. The Morgan fingerprint density at radius 2 is 1.77 bits per heavy atom. The van der Waals surface area contributed by atoms with Gasteiger partial charge in [-0.3, -0.25) is 4.79 Å². The number of aromatic nitrogens is 2. The van der Waals surface area contributed by atoms with Crippen LogP contribution in [0.4, 0.5) is 5.69 Å². The highest BCUT2D eigenvalue weighted by atomic mass is 16.2. The summed E-state index contributed by atoms with van der Waals surface area (Å²) < 4.78 is 0. The van der Waals surface area contributed by atoms with Gasteiger partial charge >= 0.3 is 0 Å². The molecule has 0 radical (unpaired) electrons. The average Bonchev–Trinajstić information content (AvgIpc) is 3.09. The third kappa shape index (κ3) is 3.93. The van der Waals surface area contributed by atoms with E-state index < -0.39 is 0 Å². The Balaban J connectivity index is 1.31. The van der Waals surface area contributed by atoms with Gasteiger partial charge in [-0.15, -0.1) is 0 Å². The summed E-state index contributed by atoms with van der Waals surface area (Å²) in [7, 11) is 0. The molecule has 0 bridgehead atoms. The van der Waals surface area contributed by atoms with Crippen molar-refractivity contribution in [2.24, 2.45) is 0 Å². The summed E-state index contributed by atoms with van der Waals surface area (Å²) in [6.45, 7) is 1.41. The molecule has 2 heterocycles. The highest BCUT2D eigenvalue weighted by Crippen LogP contribution is 2.30. The van der Waals surface area contributed by atoms with Crippen molar-refractivity contribution in [2.45, 2.75) is 57.0 Å². The molecule has 4 rings (SSSR count). The molecule has 2 aromatic rings. The second kappa shape index (κ2) is 7.96. The minimum atomic E-state index is 0.167. The zero-order valence-electron chi connectivity index (χ0n) is 15.1. The second-order valence-electron chi connectivity index (χ2n) is 7.41. The zero-order valence-corrected chi connectivity index (χ0v) is 15.1. The van der Waals surface area contributed by atoms with Crippen molar-refractivity contribution in [3.05, 3.63) is 54.1 Å². The lowest BCUT2D eigenvalue weighted by molar-refractivity contribution is -0.117. The van der Waals surface area contributed by atoms with E-state index in [4.69, 9.17) is 0 Å². The molecule has 5 heteroatoms. The molecule has 1 amide bonds. The number of carbonyl (C=O) groups is 1. The Hall–Kier alpha value is -2.27. The maximum absolute atomic E-state index is 12.3. The topological polar surface area (TPSA) is 58.1 Å². The predicted octanol–water partition coefficient (Wildman–Crippen LogP) is 3.42. The van der Waals surface area contributed by atoms with Crippen LogP contribution in [0.25, 0.3) is 0 Å². The molecule has 136 valence electrons. The maximum Gasteiger partial charge on any atom is 0.228 e. The van der Waals surface area contributed by atoms with Gasteiger partial charge in [-0.25, -0.2) is 9.97 Å². The number of hydrogen-bond donors (Lipinski definition) is 1. The fraction of sp³-hybridized carbons (Fsp3) is 0.476. The molecule has 1 aromatic heterocycles.